The van der Waals surface area contributed by atoms with Crippen LogP contribution in [0, 0.1) is 6.92 Å². The Labute approximate surface area is 219 Å². The van der Waals surface area contributed by atoms with E-state index in [4.69, 9.17) is 4.89 Å². The van der Waals surface area contributed by atoms with Crippen molar-refractivity contribution >= 4 is 26.1 Å². The van der Waals surface area contributed by atoms with Gasteiger partial charge in [0.2, 0.25) is 10.0 Å². The lowest BCUT2D eigenvalue weighted by Gasteiger charge is -2.43. The van der Waals surface area contributed by atoms with E-state index >= 15 is 0 Å². The van der Waals surface area contributed by atoms with Crippen molar-refractivity contribution < 1.29 is 48.8 Å². The molecule has 0 aromatic heterocycles. The van der Waals surface area contributed by atoms with Crippen LogP contribution >= 0.6 is 0 Å². The Bertz CT molecular complexity index is 1470. The Kier molecular flexibility index (Phi) is 7.85. The molecule has 14 heteroatoms. The van der Waals surface area contributed by atoms with Gasteiger partial charge in [0.1, 0.15) is 5.75 Å². The molecule has 0 radical (unpaired) electrons. The molecule has 2 aromatic rings. The summed E-state index contributed by atoms with van der Waals surface area (Å²) in [4.78, 5) is 20.8. The zero-order chi connectivity index (χ0) is 28.8. The van der Waals surface area contributed by atoms with E-state index in [-0.39, 0.29) is 22.8 Å². The van der Waals surface area contributed by atoms with E-state index in [1.165, 1.54) is 23.4 Å². The van der Waals surface area contributed by atoms with Gasteiger partial charge in [0, 0.05) is 30.5 Å². The number of sulfonamides is 1. The molecule has 0 amide bonds. The summed E-state index contributed by atoms with van der Waals surface area (Å²) < 4.78 is 95.4. The van der Waals surface area contributed by atoms with Crippen molar-refractivity contribution in [2.45, 2.75) is 69.8 Å². The third kappa shape index (κ3) is 5.47. The van der Waals surface area contributed by atoms with E-state index in [9.17, 15) is 34.8 Å². The summed E-state index contributed by atoms with van der Waals surface area (Å²) in [6, 6.07) is 5.78. The van der Waals surface area contributed by atoms with Crippen LogP contribution in [0.5, 0.6) is 11.5 Å². The number of halogens is 3. The Hall–Kier alpha value is -2.84. The summed E-state index contributed by atoms with van der Waals surface area (Å²) >= 11 is 0. The molecule has 0 aliphatic carbocycles. The minimum atomic E-state index is -5.92. The number of carbonyl (C=O) groups is 1. The Morgan fingerprint density at radius 1 is 1.13 bits per heavy atom. The second kappa shape index (κ2) is 10.0. The number of aryl methyl sites for hydroxylation is 1. The molecule has 0 saturated heterocycles. The lowest BCUT2D eigenvalue weighted by atomic mass is 9.77. The Morgan fingerprint density at radius 3 is 2.32 bits per heavy atom. The Balaban J connectivity index is 2.13. The standard InChI is InChI=1S/C24H28F3NO8S2/c1-7-17-8-11-21(35-34-16(4)29)14(2)22(17)37(30,31)28-13-23(5,6)20-10-9-18(12-19(20)15(28)3)36-38(32,33)24(25,26)27/h8-12,15H,7,13H2,1-6H3. The fraction of sp³-hybridized carbons (Fsp3) is 0.458. The van der Waals surface area contributed by atoms with Crippen molar-refractivity contribution in [2.24, 2.45) is 0 Å². The molecular weight excluding hydrogens is 551 g/mol. The maximum absolute atomic E-state index is 14.1. The molecule has 0 N–H and O–H groups in total. The largest absolute Gasteiger partial charge is 0.534 e. The average Bonchev–Trinajstić information content (AvgIpc) is 2.79. The first-order valence-electron chi connectivity index (χ1n) is 11.5. The van der Waals surface area contributed by atoms with E-state index in [0.717, 1.165) is 19.1 Å². The quantitative estimate of drug-likeness (QED) is 0.201. The van der Waals surface area contributed by atoms with Crippen molar-refractivity contribution in [1.82, 2.24) is 4.31 Å². The normalized spacial score (nSPS) is 18.0. The third-order valence-electron chi connectivity index (χ3n) is 6.31. The van der Waals surface area contributed by atoms with Crippen LogP contribution < -0.4 is 9.07 Å². The van der Waals surface area contributed by atoms with E-state index in [2.05, 4.69) is 9.07 Å². The molecule has 0 bridgehead atoms. The van der Waals surface area contributed by atoms with Crippen molar-refractivity contribution in [3.63, 3.8) is 0 Å². The molecule has 2 aromatic carbocycles. The zero-order valence-electron chi connectivity index (χ0n) is 21.5. The van der Waals surface area contributed by atoms with Crippen LogP contribution in [0.3, 0.4) is 0 Å². The second-order valence-corrected chi connectivity index (χ2v) is 12.9. The topological polar surface area (TPSA) is 116 Å². The minimum absolute atomic E-state index is 0.0161. The number of hydrogen-bond acceptors (Lipinski definition) is 8. The van der Waals surface area contributed by atoms with Crippen LogP contribution in [0.1, 0.15) is 62.9 Å². The fourth-order valence-electron chi connectivity index (χ4n) is 4.47. The van der Waals surface area contributed by atoms with Gasteiger partial charge in [-0.05, 0) is 55.2 Å². The van der Waals surface area contributed by atoms with Crippen molar-refractivity contribution in [3.8, 4) is 11.5 Å². The summed E-state index contributed by atoms with van der Waals surface area (Å²) in [6.07, 6.45) is 0.346. The molecule has 1 heterocycles. The minimum Gasteiger partial charge on any atom is -0.376 e. The summed E-state index contributed by atoms with van der Waals surface area (Å²) in [5, 5.41) is 0. The summed E-state index contributed by atoms with van der Waals surface area (Å²) in [5.41, 5.74) is -4.83. The van der Waals surface area contributed by atoms with Gasteiger partial charge in [-0.1, -0.05) is 32.9 Å². The Morgan fingerprint density at radius 2 is 1.76 bits per heavy atom. The number of alkyl halides is 3. The number of nitrogens with zero attached hydrogens (tertiary/aromatic N) is 1. The molecule has 9 nitrogen and oxygen atoms in total. The predicted octanol–water partition coefficient (Wildman–Crippen LogP) is 4.69. The first-order valence-corrected chi connectivity index (χ1v) is 14.3. The highest BCUT2D eigenvalue weighted by molar-refractivity contribution is 7.89. The van der Waals surface area contributed by atoms with Gasteiger partial charge in [0.15, 0.2) is 5.75 Å². The van der Waals surface area contributed by atoms with Crippen LogP contribution in [0.4, 0.5) is 13.2 Å². The third-order valence-corrected chi connectivity index (χ3v) is 9.43. The average molecular weight is 580 g/mol. The first-order chi connectivity index (χ1) is 17.3. The van der Waals surface area contributed by atoms with E-state index < -0.39 is 48.8 Å². The number of hydrogen-bond donors (Lipinski definition) is 0. The van der Waals surface area contributed by atoms with E-state index in [1.807, 2.05) is 0 Å². The fourth-order valence-corrected chi connectivity index (χ4v) is 7.21. The molecule has 1 aliphatic rings. The van der Waals surface area contributed by atoms with Gasteiger partial charge >= 0.3 is 21.6 Å². The van der Waals surface area contributed by atoms with Crippen LogP contribution in [0.2, 0.25) is 0 Å². The van der Waals surface area contributed by atoms with Gasteiger partial charge in [-0.15, -0.1) is 0 Å². The molecule has 38 heavy (non-hydrogen) atoms. The van der Waals surface area contributed by atoms with Gasteiger partial charge in [0.05, 0.1) is 4.90 Å². The summed E-state index contributed by atoms with van der Waals surface area (Å²) in [5.74, 6) is -1.31. The van der Waals surface area contributed by atoms with E-state index in [0.29, 0.717) is 23.1 Å². The number of benzene rings is 2. The van der Waals surface area contributed by atoms with Crippen molar-refractivity contribution in [3.05, 3.63) is 52.6 Å². The summed E-state index contributed by atoms with van der Waals surface area (Å²) in [6.45, 7) is 9.49. The highest BCUT2D eigenvalue weighted by Crippen LogP contribution is 2.45. The molecule has 1 atom stereocenters. The smallest absolute Gasteiger partial charge is 0.376 e. The summed E-state index contributed by atoms with van der Waals surface area (Å²) in [7, 11) is -10.2. The number of fused-ring (bicyclic) bond motifs is 1. The SMILES string of the molecule is CCc1ccc(OOC(C)=O)c(C)c1S(=O)(=O)N1CC(C)(C)c2ccc(OS(=O)(=O)C(F)(F)F)cc2C1C. The first kappa shape index (κ1) is 29.7. The van der Waals surface area contributed by atoms with Crippen molar-refractivity contribution in [2.75, 3.05) is 6.54 Å². The lowest BCUT2D eigenvalue weighted by Crippen LogP contribution is -2.47. The maximum Gasteiger partial charge on any atom is 0.534 e. The highest BCUT2D eigenvalue weighted by atomic mass is 32.2. The molecule has 1 unspecified atom stereocenters. The van der Waals surface area contributed by atoms with Crippen LogP contribution in [0.25, 0.3) is 0 Å². The van der Waals surface area contributed by atoms with E-state index in [1.54, 1.807) is 33.8 Å². The number of carbonyl (C=O) groups excluding carboxylic acids is 1. The molecule has 0 fully saturated rings. The van der Waals surface area contributed by atoms with Crippen LogP contribution in [0.15, 0.2) is 35.2 Å². The van der Waals surface area contributed by atoms with Gasteiger partial charge in [-0.25, -0.2) is 13.2 Å². The van der Waals surface area contributed by atoms with Gasteiger partial charge in [-0.2, -0.15) is 25.9 Å². The van der Waals surface area contributed by atoms with Crippen LogP contribution in [-0.2, 0) is 41.7 Å². The second-order valence-electron chi connectivity index (χ2n) is 9.53. The molecule has 3 rings (SSSR count). The van der Waals surface area contributed by atoms with Gasteiger partial charge in [0.25, 0.3) is 0 Å². The zero-order valence-corrected chi connectivity index (χ0v) is 23.2. The molecule has 0 saturated carbocycles. The molecule has 0 spiro atoms. The van der Waals surface area contributed by atoms with Gasteiger partial charge < -0.3 is 4.18 Å². The van der Waals surface area contributed by atoms with Crippen molar-refractivity contribution in [1.29, 1.82) is 0 Å². The van der Waals surface area contributed by atoms with Crippen LogP contribution in [-0.4, -0.2) is 39.2 Å². The maximum atomic E-state index is 14.1. The molecule has 1 aliphatic heterocycles. The highest BCUT2D eigenvalue weighted by Gasteiger charge is 2.49. The monoisotopic (exact) mass is 579 g/mol. The lowest BCUT2D eigenvalue weighted by molar-refractivity contribution is -0.211. The number of rotatable bonds is 7. The van der Waals surface area contributed by atoms with Gasteiger partial charge in [-0.3, -0.25) is 9.78 Å². The molecule has 210 valence electrons. The predicted molar refractivity (Wildman–Crippen MR) is 130 cm³/mol. The molecular formula is C24H28F3NO8S2.